The van der Waals surface area contributed by atoms with Crippen molar-refractivity contribution in [2.24, 2.45) is 16.7 Å². The monoisotopic (exact) mass is 351 g/mol. The predicted molar refractivity (Wildman–Crippen MR) is 101 cm³/mol. The highest BCUT2D eigenvalue weighted by atomic mass is 16.5. The van der Waals surface area contributed by atoms with Gasteiger partial charge in [0.2, 0.25) is 0 Å². The molecule has 0 spiro atoms. The van der Waals surface area contributed by atoms with Crippen LogP contribution in [0.5, 0.6) is 5.75 Å². The zero-order valence-corrected chi connectivity index (χ0v) is 14.3. The van der Waals surface area contributed by atoms with E-state index in [4.69, 9.17) is 20.8 Å². The minimum Gasteiger partial charge on any atom is -0.490 e. The van der Waals surface area contributed by atoms with E-state index in [0.717, 1.165) is 53.7 Å². The average molecular weight is 351 g/mol. The maximum Gasteiger partial charge on any atom is 0.174 e. The maximum absolute atomic E-state index is 6.13. The van der Waals surface area contributed by atoms with Crippen LogP contribution >= 0.6 is 0 Å². The lowest BCUT2D eigenvalue weighted by atomic mass is 10.1. The van der Waals surface area contributed by atoms with Crippen molar-refractivity contribution in [2.45, 2.75) is 18.9 Å². The van der Waals surface area contributed by atoms with Gasteiger partial charge >= 0.3 is 0 Å². The molecule has 7 heteroatoms. The van der Waals surface area contributed by atoms with Crippen molar-refractivity contribution < 1.29 is 9.26 Å². The van der Waals surface area contributed by atoms with E-state index in [-0.39, 0.29) is 11.9 Å². The van der Waals surface area contributed by atoms with Gasteiger partial charge in [-0.3, -0.25) is 0 Å². The molecule has 2 heterocycles. The van der Waals surface area contributed by atoms with Crippen LogP contribution in [0.4, 0.5) is 0 Å². The second kappa shape index (κ2) is 7.05. The summed E-state index contributed by atoms with van der Waals surface area (Å²) in [6, 6.07) is 13.4. The van der Waals surface area contributed by atoms with Gasteiger partial charge in [-0.05, 0) is 56.3 Å². The molecular formula is C19H21N5O2. The van der Waals surface area contributed by atoms with Gasteiger partial charge in [0.1, 0.15) is 23.2 Å². The molecule has 134 valence electrons. The second-order valence-corrected chi connectivity index (χ2v) is 6.35. The molecule has 1 fully saturated rings. The minimum absolute atomic E-state index is 0.241. The Morgan fingerprint density at radius 1 is 1.19 bits per heavy atom. The number of benzene rings is 2. The van der Waals surface area contributed by atoms with Gasteiger partial charge in [0.25, 0.3) is 0 Å². The molecule has 4 rings (SSSR count). The lowest BCUT2D eigenvalue weighted by molar-refractivity contribution is 0.162. The number of aromatic nitrogens is 1. The molecule has 0 bridgehead atoms. The van der Waals surface area contributed by atoms with E-state index in [9.17, 15) is 0 Å². The third-order valence-electron chi connectivity index (χ3n) is 4.60. The molecule has 7 nitrogen and oxygen atoms in total. The highest BCUT2D eigenvalue weighted by Gasteiger charge is 2.16. The number of amidine groups is 1. The van der Waals surface area contributed by atoms with Gasteiger partial charge in [0.05, 0.1) is 5.39 Å². The van der Waals surface area contributed by atoms with Crippen LogP contribution in [0.3, 0.4) is 0 Å². The van der Waals surface area contributed by atoms with Crippen LogP contribution in [0.15, 0.2) is 52.1 Å². The zero-order chi connectivity index (χ0) is 17.9. The fourth-order valence-electron chi connectivity index (χ4n) is 3.20. The van der Waals surface area contributed by atoms with Gasteiger partial charge in [-0.2, -0.15) is 5.10 Å². The van der Waals surface area contributed by atoms with E-state index in [1.807, 2.05) is 42.5 Å². The maximum atomic E-state index is 6.13. The smallest absolute Gasteiger partial charge is 0.174 e. The first-order chi connectivity index (χ1) is 12.7. The SMILES string of the molecule is N/N=C(\N)c1ccc2noc(-c3cccc(OC4CCNCC4)c3)c2c1. The Morgan fingerprint density at radius 3 is 2.85 bits per heavy atom. The number of nitrogens with two attached hydrogens (primary N) is 2. The minimum atomic E-state index is 0.241. The van der Waals surface area contributed by atoms with Crippen molar-refractivity contribution in [3.8, 4) is 17.1 Å². The van der Waals surface area contributed by atoms with Gasteiger partial charge in [-0.25, -0.2) is 0 Å². The Kier molecular flexibility index (Phi) is 4.45. The van der Waals surface area contributed by atoms with Gasteiger partial charge in [-0.1, -0.05) is 17.3 Å². The number of fused-ring (bicyclic) bond motifs is 1. The summed E-state index contributed by atoms with van der Waals surface area (Å²) < 4.78 is 11.7. The summed E-state index contributed by atoms with van der Waals surface area (Å²) in [4.78, 5) is 0. The van der Waals surface area contributed by atoms with Gasteiger partial charge in [-0.15, -0.1) is 0 Å². The topological polar surface area (TPSA) is 112 Å². The highest BCUT2D eigenvalue weighted by molar-refractivity contribution is 6.02. The molecule has 0 aliphatic carbocycles. The van der Waals surface area contributed by atoms with E-state index < -0.39 is 0 Å². The van der Waals surface area contributed by atoms with E-state index >= 15 is 0 Å². The summed E-state index contributed by atoms with van der Waals surface area (Å²) in [6.07, 6.45) is 2.26. The Labute approximate surface area is 151 Å². The number of rotatable bonds is 4. The van der Waals surface area contributed by atoms with E-state index in [0.29, 0.717) is 5.76 Å². The molecule has 1 saturated heterocycles. The summed E-state index contributed by atoms with van der Waals surface area (Å²) >= 11 is 0. The third kappa shape index (κ3) is 3.21. The van der Waals surface area contributed by atoms with Gasteiger partial charge < -0.3 is 26.2 Å². The summed E-state index contributed by atoms with van der Waals surface area (Å²) in [5.74, 6) is 7.05. The van der Waals surface area contributed by atoms with Crippen molar-refractivity contribution >= 4 is 16.7 Å². The van der Waals surface area contributed by atoms with E-state index in [1.54, 1.807) is 0 Å². The molecule has 3 aromatic rings. The molecule has 0 atom stereocenters. The summed E-state index contributed by atoms with van der Waals surface area (Å²) in [5, 5.41) is 11.9. The van der Waals surface area contributed by atoms with Crippen molar-refractivity contribution in [3.63, 3.8) is 0 Å². The molecule has 2 aromatic carbocycles. The molecular weight excluding hydrogens is 330 g/mol. The van der Waals surface area contributed by atoms with Crippen molar-refractivity contribution in [2.75, 3.05) is 13.1 Å². The number of hydrazone groups is 1. The molecule has 5 N–H and O–H groups in total. The fraction of sp³-hybridized carbons (Fsp3) is 0.263. The molecule has 1 aliphatic rings. The first-order valence-corrected chi connectivity index (χ1v) is 8.65. The molecule has 0 amide bonds. The number of nitrogens with zero attached hydrogens (tertiary/aromatic N) is 2. The number of hydrogen-bond acceptors (Lipinski definition) is 6. The van der Waals surface area contributed by atoms with Crippen molar-refractivity contribution in [1.82, 2.24) is 10.5 Å². The first kappa shape index (κ1) is 16.4. The standard InChI is InChI=1S/C19H21N5O2/c20-19(23-21)13-4-5-17-16(11-13)18(26-24-17)12-2-1-3-15(10-12)25-14-6-8-22-9-7-14/h1-5,10-11,14,22H,6-9,21H2,(H2,20,23). The predicted octanol–water partition coefficient (Wildman–Crippen LogP) is 2.20. The van der Waals surface area contributed by atoms with Crippen LogP contribution < -0.4 is 21.6 Å². The Balaban J connectivity index is 1.67. The molecule has 26 heavy (non-hydrogen) atoms. The summed E-state index contributed by atoms with van der Waals surface area (Å²) in [7, 11) is 0. The van der Waals surface area contributed by atoms with E-state index in [2.05, 4.69) is 15.6 Å². The number of hydrogen-bond donors (Lipinski definition) is 3. The zero-order valence-electron chi connectivity index (χ0n) is 14.3. The molecule has 0 radical (unpaired) electrons. The molecule has 1 aliphatic heterocycles. The Morgan fingerprint density at radius 2 is 2.04 bits per heavy atom. The summed E-state index contributed by atoms with van der Waals surface area (Å²) in [6.45, 7) is 1.98. The van der Waals surface area contributed by atoms with Crippen LogP contribution in [0.25, 0.3) is 22.2 Å². The molecule has 0 unspecified atom stereocenters. The average Bonchev–Trinajstić information content (AvgIpc) is 3.11. The fourth-order valence-corrected chi connectivity index (χ4v) is 3.20. The highest BCUT2D eigenvalue weighted by Crippen LogP contribution is 2.32. The third-order valence-corrected chi connectivity index (χ3v) is 4.60. The van der Waals surface area contributed by atoms with Crippen molar-refractivity contribution in [1.29, 1.82) is 0 Å². The van der Waals surface area contributed by atoms with Crippen molar-refractivity contribution in [3.05, 3.63) is 48.0 Å². The number of ether oxygens (including phenoxy) is 1. The van der Waals surface area contributed by atoms with Gasteiger partial charge in [0, 0.05) is 11.1 Å². The quantitative estimate of drug-likeness (QED) is 0.288. The van der Waals surface area contributed by atoms with Crippen LogP contribution in [-0.2, 0) is 0 Å². The molecule has 1 aromatic heterocycles. The van der Waals surface area contributed by atoms with Crippen LogP contribution in [0, 0.1) is 0 Å². The van der Waals surface area contributed by atoms with Crippen LogP contribution in [0.1, 0.15) is 18.4 Å². The number of piperidine rings is 1. The van der Waals surface area contributed by atoms with E-state index in [1.165, 1.54) is 0 Å². The Hall–Kier alpha value is -3.06. The normalized spacial score (nSPS) is 16.1. The molecule has 0 saturated carbocycles. The lowest BCUT2D eigenvalue weighted by Crippen LogP contribution is -2.34. The lowest BCUT2D eigenvalue weighted by Gasteiger charge is -2.23. The first-order valence-electron chi connectivity index (χ1n) is 8.65. The van der Waals surface area contributed by atoms with Crippen LogP contribution in [-0.4, -0.2) is 30.2 Å². The largest absolute Gasteiger partial charge is 0.490 e. The van der Waals surface area contributed by atoms with Crippen LogP contribution in [0.2, 0.25) is 0 Å². The second-order valence-electron chi connectivity index (χ2n) is 6.35. The van der Waals surface area contributed by atoms with Gasteiger partial charge in [0.15, 0.2) is 5.76 Å². The Bertz CT molecular complexity index is 944. The summed E-state index contributed by atoms with van der Waals surface area (Å²) in [5.41, 5.74) is 8.20. The number of nitrogens with one attached hydrogen (secondary N) is 1.